The van der Waals surface area contributed by atoms with Gasteiger partial charge in [-0.2, -0.15) is 0 Å². The Bertz CT molecular complexity index is 1430. The topological polar surface area (TPSA) is 136 Å². The van der Waals surface area contributed by atoms with E-state index in [0.717, 1.165) is 17.3 Å². The fraction of sp³-hybridized carbons (Fsp3) is 0.276. The maximum absolute atomic E-state index is 12.8. The number of nitrogens with one attached hydrogen (secondary N) is 2. The first-order valence-electron chi connectivity index (χ1n) is 12.7. The molecule has 2 aromatic carbocycles. The highest BCUT2D eigenvalue weighted by Gasteiger charge is 2.31. The lowest BCUT2D eigenvalue weighted by Gasteiger charge is -2.26. The van der Waals surface area contributed by atoms with E-state index < -0.39 is 22.9 Å². The predicted octanol–water partition coefficient (Wildman–Crippen LogP) is 5.16. The SMILES string of the molecule is CN(C(=O)OC(C)(C)C)c1cc(Oc2cccnc2)ccc1NC(=O)COc1ccc(CC2SC(=O)NC2=O)cc1. The smallest absolute Gasteiger partial charge is 0.414 e. The van der Waals surface area contributed by atoms with Crippen LogP contribution in [0.15, 0.2) is 67.0 Å². The van der Waals surface area contributed by atoms with Gasteiger partial charge in [-0.1, -0.05) is 23.9 Å². The van der Waals surface area contributed by atoms with Gasteiger partial charge in [-0.25, -0.2) is 4.79 Å². The fourth-order valence-electron chi connectivity index (χ4n) is 3.73. The number of aromatic nitrogens is 1. The lowest BCUT2D eigenvalue weighted by atomic mass is 10.1. The molecule has 4 amide bonds. The standard InChI is InChI=1S/C29H30N4O7S/c1-29(2,3)40-28(37)33(4)23-15-20(39-21-6-5-13-30-16-21)11-12-22(23)31-25(34)17-38-19-9-7-18(8-10-19)14-24-26(35)32-27(36)41-24/h5-13,15-16,24H,14,17H2,1-4H3,(H,31,34)(H,32,35,36). The monoisotopic (exact) mass is 578 g/mol. The van der Waals surface area contributed by atoms with Crippen LogP contribution in [-0.2, 0) is 20.7 Å². The molecule has 1 atom stereocenters. The maximum Gasteiger partial charge on any atom is 0.414 e. The van der Waals surface area contributed by atoms with Crippen molar-refractivity contribution in [3.8, 4) is 17.2 Å². The maximum atomic E-state index is 12.8. The first-order valence-corrected chi connectivity index (χ1v) is 13.6. The molecular weight excluding hydrogens is 548 g/mol. The summed E-state index contributed by atoms with van der Waals surface area (Å²) < 4.78 is 17.0. The van der Waals surface area contributed by atoms with Gasteiger partial charge in [0, 0.05) is 19.3 Å². The zero-order valence-corrected chi connectivity index (χ0v) is 23.8. The number of thioether (sulfide) groups is 1. The minimum Gasteiger partial charge on any atom is -0.484 e. The number of rotatable bonds is 9. The molecule has 0 spiro atoms. The Labute approximate surface area is 241 Å². The van der Waals surface area contributed by atoms with Crippen molar-refractivity contribution >= 4 is 46.3 Å². The van der Waals surface area contributed by atoms with Crippen LogP contribution in [0.25, 0.3) is 0 Å². The van der Waals surface area contributed by atoms with Crippen molar-refractivity contribution < 1.29 is 33.4 Å². The number of pyridine rings is 1. The second-order valence-electron chi connectivity index (χ2n) is 10.1. The number of anilines is 2. The molecule has 12 heteroatoms. The average Bonchev–Trinajstić information content (AvgIpc) is 3.24. The Kier molecular flexibility index (Phi) is 9.13. The van der Waals surface area contributed by atoms with Gasteiger partial charge >= 0.3 is 6.09 Å². The molecule has 1 fully saturated rings. The van der Waals surface area contributed by atoms with Crippen molar-refractivity contribution in [3.63, 3.8) is 0 Å². The van der Waals surface area contributed by atoms with Gasteiger partial charge in [-0.3, -0.25) is 29.6 Å². The van der Waals surface area contributed by atoms with E-state index >= 15 is 0 Å². The van der Waals surface area contributed by atoms with E-state index in [4.69, 9.17) is 14.2 Å². The van der Waals surface area contributed by atoms with Crippen molar-refractivity contribution in [3.05, 3.63) is 72.6 Å². The second kappa shape index (κ2) is 12.7. The van der Waals surface area contributed by atoms with Crippen molar-refractivity contribution in [1.29, 1.82) is 0 Å². The summed E-state index contributed by atoms with van der Waals surface area (Å²) in [5, 5.41) is 4.24. The molecule has 0 aliphatic carbocycles. The molecule has 1 unspecified atom stereocenters. The highest BCUT2D eigenvalue weighted by atomic mass is 32.2. The number of imide groups is 1. The lowest BCUT2D eigenvalue weighted by molar-refractivity contribution is -0.119. The quantitative estimate of drug-likeness (QED) is 0.353. The van der Waals surface area contributed by atoms with Crippen molar-refractivity contribution in [2.75, 3.05) is 23.9 Å². The van der Waals surface area contributed by atoms with E-state index in [2.05, 4.69) is 15.6 Å². The summed E-state index contributed by atoms with van der Waals surface area (Å²) in [7, 11) is 1.54. The van der Waals surface area contributed by atoms with Gasteiger partial charge in [0.15, 0.2) is 6.61 Å². The molecule has 2 heterocycles. The number of amides is 4. The van der Waals surface area contributed by atoms with Crippen LogP contribution in [0, 0.1) is 0 Å². The lowest BCUT2D eigenvalue weighted by Crippen LogP contribution is -2.34. The first kappa shape index (κ1) is 29.4. The molecule has 0 radical (unpaired) electrons. The number of carbonyl (C=O) groups is 4. The number of hydrogen-bond acceptors (Lipinski definition) is 9. The molecule has 2 N–H and O–H groups in total. The molecule has 214 valence electrons. The number of hydrogen-bond donors (Lipinski definition) is 2. The Morgan fingerprint density at radius 1 is 1.05 bits per heavy atom. The highest BCUT2D eigenvalue weighted by molar-refractivity contribution is 8.15. The molecule has 4 rings (SSSR count). The van der Waals surface area contributed by atoms with E-state index in [1.807, 2.05) is 0 Å². The van der Waals surface area contributed by atoms with E-state index in [-0.39, 0.29) is 17.8 Å². The summed E-state index contributed by atoms with van der Waals surface area (Å²) in [5.41, 5.74) is 0.836. The largest absolute Gasteiger partial charge is 0.484 e. The molecule has 41 heavy (non-hydrogen) atoms. The van der Waals surface area contributed by atoms with Crippen LogP contribution in [0.1, 0.15) is 26.3 Å². The van der Waals surface area contributed by atoms with Crippen molar-refractivity contribution in [2.24, 2.45) is 0 Å². The molecular formula is C29H30N4O7S. The predicted molar refractivity (Wildman–Crippen MR) is 155 cm³/mol. The Hall–Kier alpha value is -4.58. The Morgan fingerprint density at radius 3 is 2.41 bits per heavy atom. The third-order valence-corrected chi connectivity index (χ3v) is 6.60. The molecule has 11 nitrogen and oxygen atoms in total. The minimum atomic E-state index is -0.720. The van der Waals surface area contributed by atoms with Gasteiger partial charge in [-0.05, 0) is 69.2 Å². The molecule has 1 aliphatic heterocycles. The molecule has 1 aromatic heterocycles. The summed E-state index contributed by atoms with van der Waals surface area (Å²) >= 11 is 0.969. The zero-order valence-electron chi connectivity index (χ0n) is 23.0. The van der Waals surface area contributed by atoms with Crippen LogP contribution >= 0.6 is 11.8 Å². The van der Waals surface area contributed by atoms with Gasteiger partial charge in [0.2, 0.25) is 5.91 Å². The van der Waals surface area contributed by atoms with Crippen LogP contribution in [0.5, 0.6) is 17.2 Å². The average molecular weight is 579 g/mol. The summed E-state index contributed by atoms with van der Waals surface area (Å²) in [6, 6.07) is 15.3. The van der Waals surface area contributed by atoms with Crippen molar-refractivity contribution in [1.82, 2.24) is 10.3 Å². The van der Waals surface area contributed by atoms with Gasteiger partial charge < -0.3 is 19.5 Å². The molecule has 3 aromatic rings. The van der Waals surface area contributed by atoms with Gasteiger partial charge in [0.05, 0.1) is 22.8 Å². The van der Waals surface area contributed by atoms with Crippen LogP contribution in [0.2, 0.25) is 0 Å². The number of carbonyl (C=O) groups excluding carboxylic acids is 4. The Morgan fingerprint density at radius 2 is 1.78 bits per heavy atom. The number of nitrogens with zero attached hydrogens (tertiary/aromatic N) is 2. The third-order valence-electron chi connectivity index (χ3n) is 5.62. The summed E-state index contributed by atoms with van der Waals surface area (Å²) in [4.78, 5) is 54.1. The van der Waals surface area contributed by atoms with Crippen molar-refractivity contribution in [2.45, 2.75) is 38.0 Å². The van der Waals surface area contributed by atoms with Gasteiger partial charge in [0.1, 0.15) is 22.8 Å². The van der Waals surface area contributed by atoms with Crippen LogP contribution < -0.4 is 25.0 Å². The van der Waals surface area contributed by atoms with Crippen LogP contribution in [0.4, 0.5) is 21.0 Å². The fourth-order valence-corrected chi connectivity index (χ4v) is 4.59. The van der Waals surface area contributed by atoms with E-state index in [0.29, 0.717) is 35.0 Å². The third kappa shape index (κ3) is 8.45. The minimum absolute atomic E-state index is 0.293. The summed E-state index contributed by atoms with van der Waals surface area (Å²) in [6.45, 7) is 4.99. The van der Waals surface area contributed by atoms with E-state index in [9.17, 15) is 19.2 Å². The molecule has 1 aliphatic rings. The van der Waals surface area contributed by atoms with Gasteiger partial charge in [0.25, 0.3) is 11.1 Å². The number of benzene rings is 2. The normalized spacial score (nSPS) is 14.7. The molecule has 0 bridgehead atoms. The van der Waals surface area contributed by atoms with Crippen LogP contribution in [0.3, 0.4) is 0 Å². The number of ether oxygens (including phenoxy) is 3. The highest BCUT2D eigenvalue weighted by Crippen LogP contribution is 2.33. The van der Waals surface area contributed by atoms with E-state index in [1.54, 1.807) is 87.8 Å². The van der Waals surface area contributed by atoms with E-state index in [1.165, 1.54) is 11.9 Å². The van der Waals surface area contributed by atoms with Gasteiger partial charge in [-0.15, -0.1) is 0 Å². The Balaban J connectivity index is 1.42. The molecule has 0 saturated carbocycles. The van der Waals surface area contributed by atoms with Crippen LogP contribution in [-0.4, -0.2) is 52.6 Å². The first-order chi connectivity index (χ1) is 19.5. The zero-order chi connectivity index (χ0) is 29.6. The second-order valence-corrected chi connectivity index (χ2v) is 11.3. The summed E-state index contributed by atoms with van der Waals surface area (Å²) in [6.07, 6.45) is 2.97. The summed E-state index contributed by atoms with van der Waals surface area (Å²) in [5.74, 6) is 0.635. The molecule has 1 saturated heterocycles.